The van der Waals surface area contributed by atoms with Crippen LogP contribution in [0.4, 0.5) is 0 Å². The van der Waals surface area contributed by atoms with E-state index >= 15 is 0 Å². The molecule has 0 unspecified atom stereocenters. The minimum atomic E-state index is -3.60. The minimum absolute atomic E-state index is 0.123. The molecule has 1 saturated heterocycles. The number of hydrogen-bond acceptors (Lipinski definition) is 3. The first-order valence-corrected chi connectivity index (χ1v) is 10.4. The fourth-order valence-electron chi connectivity index (χ4n) is 2.97. The molecule has 1 N–H and O–H groups in total. The van der Waals surface area contributed by atoms with Gasteiger partial charge in [0.05, 0.1) is 10.5 Å². The molecule has 1 aromatic rings. The number of nitrogens with one attached hydrogen (secondary N) is 1. The highest BCUT2D eigenvalue weighted by Gasteiger charge is 2.29. The SMILES string of the molecule is CCCCCCNC(=O)c1ccccc1S(=O)(=O)N1CCCCC1. The van der Waals surface area contributed by atoms with Crippen LogP contribution in [-0.4, -0.2) is 38.3 Å². The molecule has 0 saturated carbocycles. The van der Waals surface area contributed by atoms with Gasteiger partial charge in [-0.1, -0.05) is 44.7 Å². The van der Waals surface area contributed by atoms with Crippen molar-refractivity contribution in [3.63, 3.8) is 0 Å². The van der Waals surface area contributed by atoms with Crippen LogP contribution in [0.15, 0.2) is 29.2 Å². The van der Waals surface area contributed by atoms with Crippen LogP contribution < -0.4 is 5.32 Å². The van der Waals surface area contributed by atoms with E-state index in [1.807, 2.05) is 0 Å². The van der Waals surface area contributed by atoms with Gasteiger partial charge in [0.1, 0.15) is 0 Å². The summed E-state index contributed by atoms with van der Waals surface area (Å²) in [7, 11) is -3.60. The lowest BCUT2D eigenvalue weighted by Crippen LogP contribution is -2.37. The molecule has 1 aromatic carbocycles. The van der Waals surface area contributed by atoms with Crippen LogP contribution in [0.1, 0.15) is 62.2 Å². The molecular weight excluding hydrogens is 324 g/mol. The number of hydrogen-bond donors (Lipinski definition) is 1. The van der Waals surface area contributed by atoms with E-state index in [-0.39, 0.29) is 16.4 Å². The number of rotatable bonds is 8. The number of sulfonamides is 1. The van der Waals surface area contributed by atoms with Crippen LogP contribution in [0.2, 0.25) is 0 Å². The summed E-state index contributed by atoms with van der Waals surface area (Å²) in [5.41, 5.74) is 0.249. The highest BCUT2D eigenvalue weighted by atomic mass is 32.2. The zero-order valence-corrected chi connectivity index (χ0v) is 15.3. The fraction of sp³-hybridized carbons (Fsp3) is 0.611. The topological polar surface area (TPSA) is 66.5 Å². The van der Waals surface area contributed by atoms with E-state index in [9.17, 15) is 13.2 Å². The molecule has 2 rings (SSSR count). The van der Waals surface area contributed by atoms with Crippen molar-refractivity contribution in [1.29, 1.82) is 0 Å². The Morgan fingerprint density at radius 1 is 1.08 bits per heavy atom. The van der Waals surface area contributed by atoms with Gasteiger partial charge in [-0.25, -0.2) is 8.42 Å². The summed E-state index contributed by atoms with van der Waals surface area (Å²) in [6.07, 6.45) is 7.10. The predicted molar refractivity (Wildman–Crippen MR) is 95.5 cm³/mol. The molecule has 0 bridgehead atoms. The van der Waals surface area contributed by atoms with Crippen LogP contribution in [-0.2, 0) is 10.0 Å². The Balaban J connectivity index is 2.10. The monoisotopic (exact) mass is 352 g/mol. The van der Waals surface area contributed by atoms with Gasteiger partial charge in [-0.3, -0.25) is 4.79 Å². The lowest BCUT2D eigenvalue weighted by molar-refractivity contribution is 0.0949. The van der Waals surface area contributed by atoms with Crippen LogP contribution in [0.25, 0.3) is 0 Å². The predicted octanol–water partition coefficient (Wildman–Crippen LogP) is 3.17. The van der Waals surface area contributed by atoms with Gasteiger partial charge >= 0.3 is 0 Å². The Labute approximate surface area is 145 Å². The first-order valence-electron chi connectivity index (χ1n) is 8.94. The Morgan fingerprint density at radius 3 is 2.50 bits per heavy atom. The Kier molecular flexibility index (Phi) is 7.24. The molecule has 1 heterocycles. The van der Waals surface area contributed by atoms with Gasteiger partial charge in [-0.2, -0.15) is 4.31 Å². The molecule has 0 atom stereocenters. The maximum Gasteiger partial charge on any atom is 0.252 e. The van der Waals surface area contributed by atoms with Gasteiger partial charge in [0.15, 0.2) is 0 Å². The molecular formula is C18H28N2O3S. The molecule has 1 fully saturated rings. The third-order valence-corrected chi connectivity index (χ3v) is 6.34. The maximum atomic E-state index is 12.9. The molecule has 0 radical (unpaired) electrons. The van der Waals surface area contributed by atoms with Crippen molar-refractivity contribution in [3.05, 3.63) is 29.8 Å². The molecule has 1 amide bonds. The number of carbonyl (C=O) groups is 1. The van der Waals surface area contributed by atoms with Crippen molar-refractivity contribution in [2.75, 3.05) is 19.6 Å². The Bertz CT molecular complexity index is 637. The first-order chi connectivity index (χ1) is 11.6. The van der Waals surface area contributed by atoms with Crippen molar-refractivity contribution in [2.45, 2.75) is 56.8 Å². The van der Waals surface area contributed by atoms with E-state index in [4.69, 9.17) is 0 Å². The number of amides is 1. The standard InChI is InChI=1S/C18H28N2O3S/c1-2-3-4-8-13-19-18(21)16-11-6-7-12-17(16)24(22,23)20-14-9-5-10-15-20/h6-7,11-12H,2-5,8-10,13-15H2,1H3,(H,19,21). The van der Waals surface area contributed by atoms with Crippen LogP contribution in [0.5, 0.6) is 0 Å². The highest BCUT2D eigenvalue weighted by molar-refractivity contribution is 7.89. The van der Waals surface area contributed by atoms with E-state index in [0.29, 0.717) is 19.6 Å². The third kappa shape index (κ3) is 4.80. The third-order valence-electron chi connectivity index (χ3n) is 4.38. The molecule has 0 spiro atoms. The molecule has 1 aliphatic rings. The van der Waals surface area contributed by atoms with E-state index < -0.39 is 10.0 Å². The summed E-state index contributed by atoms with van der Waals surface area (Å²) in [5.74, 6) is -0.303. The summed E-state index contributed by atoms with van der Waals surface area (Å²) in [6, 6.07) is 6.52. The second kappa shape index (κ2) is 9.18. The Morgan fingerprint density at radius 2 is 1.79 bits per heavy atom. The summed E-state index contributed by atoms with van der Waals surface area (Å²) < 4.78 is 27.3. The van der Waals surface area contributed by atoms with Gasteiger partial charge in [-0.15, -0.1) is 0 Å². The van der Waals surface area contributed by atoms with E-state index in [1.54, 1.807) is 18.2 Å². The second-order valence-corrected chi connectivity index (χ2v) is 8.18. The van der Waals surface area contributed by atoms with Gasteiger partial charge < -0.3 is 5.32 Å². The van der Waals surface area contributed by atoms with Crippen LogP contribution in [0.3, 0.4) is 0 Å². The molecule has 134 valence electrons. The van der Waals surface area contributed by atoms with Gasteiger partial charge in [-0.05, 0) is 31.4 Å². The number of carbonyl (C=O) groups excluding carboxylic acids is 1. The maximum absolute atomic E-state index is 12.9. The number of piperidine rings is 1. The van der Waals surface area contributed by atoms with Crippen molar-refractivity contribution in [1.82, 2.24) is 9.62 Å². The van der Waals surface area contributed by atoms with Crippen molar-refractivity contribution in [3.8, 4) is 0 Å². The quantitative estimate of drug-likeness (QED) is 0.731. The summed E-state index contributed by atoms with van der Waals surface area (Å²) in [5, 5.41) is 2.85. The molecule has 24 heavy (non-hydrogen) atoms. The highest BCUT2D eigenvalue weighted by Crippen LogP contribution is 2.23. The molecule has 0 aliphatic carbocycles. The van der Waals surface area contributed by atoms with Crippen molar-refractivity contribution < 1.29 is 13.2 Å². The number of nitrogens with zero attached hydrogens (tertiary/aromatic N) is 1. The van der Waals surface area contributed by atoms with E-state index in [2.05, 4.69) is 12.2 Å². The zero-order valence-electron chi connectivity index (χ0n) is 14.5. The largest absolute Gasteiger partial charge is 0.352 e. The average molecular weight is 353 g/mol. The molecule has 6 heteroatoms. The van der Waals surface area contributed by atoms with Gasteiger partial charge in [0, 0.05) is 19.6 Å². The van der Waals surface area contributed by atoms with Crippen molar-refractivity contribution in [2.24, 2.45) is 0 Å². The average Bonchev–Trinajstić information content (AvgIpc) is 2.62. The summed E-state index contributed by atoms with van der Waals surface area (Å²) in [6.45, 7) is 3.79. The normalized spacial score (nSPS) is 16.0. The molecule has 0 aromatic heterocycles. The lowest BCUT2D eigenvalue weighted by atomic mass is 10.2. The van der Waals surface area contributed by atoms with Crippen LogP contribution in [0, 0.1) is 0 Å². The molecule has 1 aliphatic heterocycles. The summed E-state index contributed by atoms with van der Waals surface area (Å²) in [4.78, 5) is 12.6. The summed E-state index contributed by atoms with van der Waals surface area (Å²) >= 11 is 0. The fourth-order valence-corrected chi connectivity index (χ4v) is 4.68. The minimum Gasteiger partial charge on any atom is -0.352 e. The zero-order chi connectivity index (χ0) is 17.4. The first kappa shape index (κ1) is 18.9. The number of benzene rings is 1. The van der Waals surface area contributed by atoms with Crippen LogP contribution >= 0.6 is 0 Å². The lowest BCUT2D eigenvalue weighted by Gasteiger charge is -2.26. The second-order valence-electron chi connectivity index (χ2n) is 6.28. The van der Waals surface area contributed by atoms with Gasteiger partial charge in [0.25, 0.3) is 5.91 Å². The van der Waals surface area contributed by atoms with Gasteiger partial charge in [0.2, 0.25) is 10.0 Å². The Hall–Kier alpha value is -1.40. The van der Waals surface area contributed by atoms with Crippen molar-refractivity contribution >= 4 is 15.9 Å². The van der Waals surface area contributed by atoms with E-state index in [0.717, 1.165) is 44.9 Å². The molecule has 5 nitrogen and oxygen atoms in total. The smallest absolute Gasteiger partial charge is 0.252 e. The number of unbranched alkanes of at least 4 members (excludes halogenated alkanes) is 3. The van der Waals surface area contributed by atoms with E-state index in [1.165, 1.54) is 10.4 Å².